The van der Waals surface area contributed by atoms with Gasteiger partial charge in [-0.1, -0.05) is 18.2 Å². The number of carboxylic acid groups (broad SMARTS) is 1. The largest absolute Gasteiger partial charge is 0.478 e. The molecule has 0 saturated heterocycles. The second kappa shape index (κ2) is 4.68. The molecule has 0 spiro atoms. The SMILES string of the molecule is N#Cc1cccc(-c2ccc(F)c(C(=O)O)c2)c1. The molecule has 2 aromatic rings. The Morgan fingerprint density at radius 3 is 2.56 bits per heavy atom. The minimum absolute atomic E-state index is 0.380. The third kappa shape index (κ3) is 2.20. The van der Waals surface area contributed by atoms with Crippen molar-refractivity contribution in [1.29, 1.82) is 5.26 Å². The monoisotopic (exact) mass is 241 g/mol. The number of nitrogens with zero attached hydrogens (tertiary/aromatic N) is 1. The number of nitriles is 1. The summed E-state index contributed by atoms with van der Waals surface area (Å²) in [5.41, 5.74) is 1.33. The highest BCUT2D eigenvalue weighted by Gasteiger charge is 2.11. The Labute approximate surface area is 103 Å². The van der Waals surface area contributed by atoms with E-state index < -0.39 is 11.8 Å². The molecule has 1 N–H and O–H groups in total. The molecule has 0 aromatic heterocycles. The third-order valence-electron chi connectivity index (χ3n) is 2.52. The third-order valence-corrected chi connectivity index (χ3v) is 2.52. The summed E-state index contributed by atoms with van der Waals surface area (Å²) in [5, 5.41) is 17.6. The highest BCUT2D eigenvalue weighted by molar-refractivity contribution is 5.89. The van der Waals surface area contributed by atoms with Crippen LogP contribution >= 0.6 is 0 Å². The van der Waals surface area contributed by atoms with E-state index in [1.165, 1.54) is 12.1 Å². The molecule has 0 heterocycles. The van der Waals surface area contributed by atoms with Gasteiger partial charge in [-0.2, -0.15) is 5.26 Å². The summed E-state index contributed by atoms with van der Waals surface area (Å²) < 4.78 is 13.2. The van der Waals surface area contributed by atoms with E-state index in [1.807, 2.05) is 6.07 Å². The first-order chi connectivity index (χ1) is 8.61. The minimum Gasteiger partial charge on any atom is -0.478 e. The van der Waals surface area contributed by atoms with Crippen LogP contribution in [0.1, 0.15) is 15.9 Å². The molecule has 3 nitrogen and oxygen atoms in total. The smallest absolute Gasteiger partial charge is 0.338 e. The topological polar surface area (TPSA) is 61.1 Å². The summed E-state index contributed by atoms with van der Waals surface area (Å²) in [4.78, 5) is 10.8. The van der Waals surface area contributed by atoms with E-state index in [9.17, 15) is 9.18 Å². The van der Waals surface area contributed by atoms with Crippen molar-refractivity contribution in [3.05, 3.63) is 59.4 Å². The fraction of sp³-hybridized carbons (Fsp3) is 0. The van der Waals surface area contributed by atoms with Crippen LogP contribution in [0.25, 0.3) is 11.1 Å². The molecule has 0 unspecified atom stereocenters. The van der Waals surface area contributed by atoms with Crippen LogP contribution in [0.15, 0.2) is 42.5 Å². The number of hydrogen-bond donors (Lipinski definition) is 1. The van der Waals surface area contributed by atoms with Crippen molar-refractivity contribution < 1.29 is 14.3 Å². The van der Waals surface area contributed by atoms with Gasteiger partial charge in [-0.15, -0.1) is 0 Å². The summed E-state index contributed by atoms with van der Waals surface area (Å²) in [6.07, 6.45) is 0. The Kier molecular flexibility index (Phi) is 3.07. The van der Waals surface area contributed by atoms with Gasteiger partial charge < -0.3 is 5.11 Å². The van der Waals surface area contributed by atoms with Gasteiger partial charge in [0.2, 0.25) is 0 Å². The molecule has 0 bridgehead atoms. The van der Waals surface area contributed by atoms with E-state index in [-0.39, 0.29) is 5.56 Å². The van der Waals surface area contributed by atoms with Crippen LogP contribution in [-0.2, 0) is 0 Å². The molecule has 4 heteroatoms. The fourth-order valence-electron chi connectivity index (χ4n) is 1.64. The van der Waals surface area contributed by atoms with Gasteiger partial charge >= 0.3 is 5.97 Å². The van der Waals surface area contributed by atoms with Gasteiger partial charge in [0.05, 0.1) is 17.2 Å². The lowest BCUT2D eigenvalue weighted by molar-refractivity contribution is 0.0692. The van der Waals surface area contributed by atoms with E-state index in [0.717, 1.165) is 6.07 Å². The first-order valence-corrected chi connectivity index (χ1v) is 5.15. The van der Waals surface area contributed by atoms with Gasteiger partial charge in [0.1, 0.15) is 5.82 Å². The summed E-state index contributed by atoms with van der Waals surface area (Å²) in [7, 11) is 0. The van der Waals surface area contributed by atoms with Gasteiger partial charge in [0, 0.05) is 0 Å². The van der Waals surface area contributed by atoms with Crippen LogP contribution in [-0.4, -0.2) is 11.1 Å². The Balaban J connectivity index is 2.54. The number of carboxylic acids is 1. The van der Waals surface area contributed by atoms with Gasteiger partial charge in [-0.25, -0.2) is 9.18 Å². The Morgan fingerprint density at radius 2 is 1.89 bits per heavy atom. The van der Waals surface area contributed by atoms with Crippen LogP contribution in [0, 0.1) is 17.1 Å². The van der Waals surface area contributed by atoms with Gasteiger partial charge in [-0.05, 0) is 35.4 Å². The standard InChI is InChI=1S/C14H8FNO2/c15-13-5-4-11(7-12(13)14(17)18)10-3-1-2-9(6-10)8-16/h1-7H,(H,17,18). The van der Waals surface area contributed by atoms with Crippen molar-refractivity contribution in [1.82, 2.24) is 0 Å². The maximum absolute atomic E-state index is 13.2. The van der Waals surface area contributed by atoms with Gasteiger partial charge in [-0.3, -0.25) is 0 Å². The van der Waals surface area contributed by atoms with Crippen molar-refractivity contribution in [2.45, 2.75) is 0 Å². The molecular weight excluding hydrogens is 233 g/mol. The van der Waals surface area contributed by atoms with E-state index in [4.69, 9.17) is 10.4 Å². The summed E-state index contributed by atoms with van der Waals surface area (Å²) >= 11 is 0. The number of hydrogen-bond acceptors (Lipinski definition) is 2. The lowest BCUT2D eigenvalue weighted by Gasteiger charge is -2.04. The lowest BCUT2D eigenvalue weighted by atomic mass is 10.0. The Morgan fingerprint density at radius 1 is 1.17 bits per heavy atom. The fourth-order valence-corrected chi connectivity index (χ4v) is 1.64. The molecule has 0 atom stereocenters. The molecule has 0 aliphatic rings. The van der Waals surface area contributed by atoms with Crippen molar-refractivity contribution >= 4 is 5.97 Å². The molecule has 0 aliphatic heterocycles. The van der Waals surface area contributed by atoms with E-state index in [1.54, 1.807) is 24.3 Å². The van der Waals surface area contributed by atoms with Crippen LogP contribution in [0.5, 0.6) is 0 Å². The molecule has 0 saturated carbocycles. The summed E-state index contributed by atoms with van der Waals surface area (Å²) in [5.74, 6) is -2.09. The average Bonchev–Trinajstić information content (AvgIpc) is 2.39. The number of halogens is 1. The first kappa shape index (κ1) is 11.8. The molecule has 0 radical (unpaired) electrons. The molecule has 0 amide bonds. The van der Waals surface area contributed by atoms with Gasteiger partial charge in [0.25, 0.3) is 0 Å². The second-order valence-corrected chi connectivity index (χ2v) is 3.69. The first-order valence-electron chi connectivity index (χ1n) is 5.15. The predicted octanol–water partition coefficient (Wildman–Crippen LogP) is 3.06. The molecule has 0 fully saturated rings. The van der Waals surface area contributed by atoms with Crippen molar-refractivity contribution in [3.63, 3.8) is 0 Å². The van der Waals surface area contributed by atoms with E-state index in [0.29, 0.717) is 16.7 Å². The normalized spacial score (nSPS) is 9.78. The number of rotatable bonds is 2. The quantitative estimate of drug-likeness (QED) is 0.878. The molecule has 0 aliphatic carbocycles. The highest BCUT2D eigenvalue weighted by Crippen LogP contribution is 2.23. The van der Waals surface area contributed by atoms with E-state index >= 15 is 0 Å². The van der Waals surface area contributed by atoms with Crippen LogP contribution in [0.4, 0.5) is 4.39 Å². The summed E-state index contributed by atoms with van der Waals surface area (Å²) in [6.45, 7) is 0. The van der Waals surface area contributed by atoms with E-state index in [2.05, 4.69) is 0 Å². The van der Waals surface area contributed by atoms with Crippen molar-refractivity contribution in [3.8, 4) is 17.2 Å². The van der Waals surface area contributed by atoms with Crippen LogP contribution < -0.4 is 0 Å². The lowest BCUT2D eigenvalue weighted by Crippen LogP contribution is -2.00. The number of aromatic carboxylic acids is 1. The van der Waals surface area contributed by atoms with Crippen molar-refractivity contribution in [2.24, 2.45) is 0 Å². The molecule has 2 aromatic carbocycles. The zero-order valence-corrected chi connectivity index (χ0v) is 9.22. The molecule has 88 valence electrons. The maximum Gasteiger partial charge on any atom is 0.338 e. The Hall–Kier alpha value is -2.67. The van der Waals surface area contributed by atoms with Crippen LogP contribution in [0.2, 0.25) is 0 Å². The number of carbonyl (C=O) groups is 1. The van der Waals surface area contributed by atoms with Crippen LogP contribution in [0.3, 0.4) is 0 Å². The highest BCUT2D eigenvalue weighted by atomic mass is 19.1. The summed E-state index contributed by atoms with van der Waals surface area (Å²) in [6, 6.07) is 12.5. The average molecular weight is 241 g/mol. The number of benzene rings is 2. The molecule has 18 heavy (non-hydrogen) atoms. The Bertz CT molecular complexity index is 659. The second-order valence-electron chi connectivity index (χ2n) is 3.69. The zero-order chi connectivity index (χ0) is 13.1. The minimum atomic E-state index is -1.31. The molecule has 2 rings (SSSR count). The maximum atomic E-state index is 13.2. The van der Waals surface area contributed by atoms with Crippen molar-refractivity contribution in [2.75, 3.05) is 0 Å². The molecular formula is C14H8FNO2. The van der Waals surface area contributed by atoms with Gasteiger partial charge in [0.15, 0.2) is 0 Å². The predicted molar refractivity (Wildman–Crippen MR) is 63.5 cm³/mol. The zero-order valence-electron chi connectivity index (χ0n) is 9.22.